The first-order valence-corrected chi connectivity index (χ1v) is 23.8. The molecule has 2 aromatic heterocycles. The molecule has 312 valence electrons. The molecule has 3 heteroatoms. The highest BCUT2D eigenvalue weighted by Crippen LogP contribution is 2.50. The highest BCUT2D eigenvalue weighted by atomic mass is 32.1. The Morgan fingerprint density at radius 2 is 0.925 bits per heavy atom. The van der Waals surface area contributed by atoms with E-state index in [2.05, 4.69) is 252 Å². The van der Waals surface area contributed by atoms with Gasteiger partial charge in [0.25, 0.3) is 0 Å². The van der Waals surface area contributed by atoms with Crippen molar-refractivity contribution in [2.45, 2.75) is 0 Å². The van der Waals surface area contributed by atoms with Crippen LogP contribution >= 0.6 is 11.3 Å². The Morgan fingerprint density at radius 1 is 0.328 bits per heavy atom. The van der Waals surface area contributed by atoms with Crippen molar-refractivity contribution in [3.63, 3.8) is 0 Å². The number of fused-ring (bicyclic) bond motifs is 13. The number of aromatic nitrogens is 1. The standard InChI is InChI=1S/C64H40N2S/c1-3-15-41(16-4-1)42-29-32-47(33-30-42)65(48-34-35-50-44(37-48)28-27-43-17-7-8-20-49(43)50)61-39-58-63-54-24-11-9-21-51(54)56(40-62(63)67-64(58)55-25-12-10-22-52(55)61)45-31-36-60-57(38-45)53-23-13-14-26-59(53)66(60)46-18-5-2-6-19-46/h1-40H. The van der Waals surface area contributed by atoms with Crippen molar-refractivity contribution < 1.29 is 0 Å². The summed E-state index contributed by atoms with van der Waals surface area (Å²) in [5, 5.41) is 15.1. The molecule has 0 saturated carbocycles. The zero-order valence-corrected chi connectivity index (χ0v) is 37.2. The van der Waals surface area contributed by atoms with Crippen LogP contribution in [0.15, 0.2) is 243 Å². The first-order chi connectivity index (χ1) is 33.2. The lowest BCUT2D eigenvalue weighted by Crippen LogP contribution is -2.10. The minimum Gasteiger partial charge on any atom is -0.310 e. The molecule has 0 saturated heterocycles. The van der Waals surface area contributed by atoms with Gasteiger partial charge in [0, 0.05) is 58.8 Å². The van der Waals surface area contributed by atoms with Crippen LogP contribution in [0, 0.1) is 0 Å². The van der Waals surface area contributed by atoms with Crippen molar-refractivity contribution in [1.29, 1.82) is 0 Å². The van der Waals surface area contributed by atoms with Crippen molar-refractivity contribution in [2.24, 2.45) is 0 Å². The van der Waals surface area contributed by atoms with Gasteiger partial charge in [0.2, 0.25) is 0 Å². The van der Waals surface area contributed by atoms with Gasteiger partial charge in [0.05, 0.1) is 16.7 Å². The van der Waals surface area contributed by atoms with E-state index in [1.54, 1.807) is 0 Å². The Labute approximate surface area is 391 Å². The Hall–Kier alpha value is -8.50. The second-order valence-electron chi connectivity index (χ2n) is 17.6. The van der Waals surface area contributed by atoms with Crippen LogP contribution in [0.2, 0.25) is 0 Å². The zero-order chi connectivity index (χ0) is 44.0. The predicted molar refractivity (Wildman–Crippen MR) is 289 cm³/mol. The van der Waals surface area contributed by atoms with Gasteiger partial charge in [0.1, 0.15) is 0 Å². The maximum atomic E-state index is 2.48. The number of hydrogen-bond donors (Lipinski definition) is 0. The molecule has 0 N–H and O–H groups in total. The molecular formula is C64H40N2S. The first kappa shape index (κ1) is 37.8. The molecule has 0 aliphatic heterocycles. The van der Waals surface area contributed by atoms with E-state index in [4.69, 9.17) is 0 Å². The van der Waals surface area contributed by atoms with Crippen molar-refractivity contribution in [2.75, 3.05) is 4.90 Å². The molecule has 0 aliphatic rings. The van der Waals surface area contributed by atoms with Crippen LogP contribution in [0.5, 0.6) is 0 Å². The number of para-hydroxylation sites is 2. The second-order valence-corrected chi connectivity index (χ2v) is 18.7. The maximum absolute atomic E-state index is 2.48. The summed E-state index contributed by atoms with van der Waals surface area (Å²) in [6.45, 7) is 0. The van der Waals surface area contributed by atoms with Crippen LogP contribution in [0.25, 0.3) is 113 Å². The van der Waals surface area contributed by atoms with E-state index in [0.717, 1.165) is 17.1 Å². The molecular weight excluding hydrogens is 829 g/mol. The van der Waals surface area contributed by atoms with Crippen LogP contribution in [-0.4, -0.2) is 4.57 Å². The summed E-state index contributed by atoms with van der Waals surface area (Å²) >= 11 is 1.91. The summed E-state index contributed by atoms with van der Waals surface area (Å²) in [7, 11) is 0. The van der Waals surface area contributed by atoms with Gasteiger partial charge in [-0.1, -0.05) is 176 Å². The van der Waals surface area contributed by atoms with E-state index < -0.39 is 0 Å². The zero-order valence-electron chi connectivity index (χ0n) is 36.4. The van der Waals surface area contributed by atoms with Gasteiger partial charge in [-0.25, -0.2) is 0 Å². The van der Waals surface area contributed by atoms with Gasteiger partial charge < -0.3 is 9.47 Å². The summed E-state index contributed by atoms with van der Waals surface area (Å²) in [6.07, 6.45) is 0. The van der Waals surface area contributed by atoms with E-state index in [1.165, 1.54) is 113 Å². The van der Waals surface area contributed by atoms with Gasteiger partial charge in [-0.05, 0) is 121 Å². The third kappa shape index (κ3) is 5.95. The van der Waals surface area contributed by atoms with E-state index >= 15 is 0 Å². The quantitative estimate of drug-likeness (QED) is 0.151. The van der Waals surface area contributed by atoms with Crippen LogP contribution in [-0.2, 0) is 0 Å². The van der Waals surface area contributed by atoms with Gasteiger partial charge in [-0.3, -0.25) is 0 Å². The summed E-state index contributed by atoms with van der Waals surface area (Å²) in [4.78, 5) is 2.48. The average Bonchev–Trinajstić information content (AvgIpc) is 3.95. The van der Waals surface area contributed by atoms with Crippen molar-refractivity contribution in [3.05, 3.63) is 243 Å². The third-order valence-electron chi connectivity index (χ3n) is 13.9. The van der Waals surface area contributed by atoms with Crippen LogP contribution in [0.4, 0.5) is 17.1 Å². The summed E-state index contributed by atoms with van der Waals surface area (Å²) < 4.78 is 4.99. The molecule has 0 radical (unpaired) electrons. The van der Waals surface area contributed by atoms with Crippen LogP contribution in [0.1, 0.15) is 0 Å². The monoisotopic (exact) mass is 868 g/mol. The lowest BCUT2D eigenvalue weighted by atomic mass is 9.93. The highest BCUT2D eigenvalue weighted by molar-refractivity contribution is 7.27. The van der Waals surface area contributed by atoms with Crippen molar-refractivity contribution >= 4 is 113 Å². The SMILES string of the molecule is c1ccc(-c2ccc(N(c3ccc4c(ccc5ccccc54)c3)c3cc4c(sc5cc(-c6ccc7c(c6)c6ccccc6n7-c6ccccc6)c6ccccc6c54)c4ccccc34)cc2)cc1. The molecule has 0 aliphatic carbocycles. The number of benzene rings is 12. The van der Waals surface area contributed by atoms with E-state index in [1.807, 2.05) is 11.3 Å². The summed E-state index contributed by atoms with van der Waals surface area (Å²) in [6, 6.07) is 89.5. The Morgan fingerprint density at radius 3 is 1.75 bits per heavy atom. The number of nitrogens with zero attached hydrogens (tertiary/aromatic N) is 2. The Balaban J connectivity index is 1.00. The number of hydrogen-bond acceptors (Lipinski definition) is 2. The molecule has 12 aromatic carbocycles. The number of rotatable bonds is 6. The van der Waals surface area contributed by atoms with Gasteiger partial charge >= 0.3 is 0 Å². The fourth-order valence-electron chi connectivity index (χ4n) is 10.9. The third-order valence-corrected chi connectivity index (χ3v) is 15.1. The van der Waals surface area contributed by atoms with Crippen molar-refractivity contribution in [1.82, 2.24) is 4.57 Å². The second kappa shape index (κ2) is 15.0. The molecule has 14 rings (SSSR count). The minimum atomic E-state index is 1.11. The highest BCUT2D eigenvalue weighted by Gasteiger charge is 2.23. The van der Waals surface area contributed by atoms with E-state index in [-0.39, 0.29) is 0 Å². The molecule has 0 atom stereocenters. The van der Waals surface area contributed by atoms with Gasteiger partial charge in [-0.2, -0.15) is 0 Å². The molecule has 0 spiro atoms. The molecule has 0 amide bonds. The van der Waals surface area contributed by atoms with Gasteiger partial charge in [-0.15, -0.1) is 11.3 Å². The van der Waals surface area contributed by atoms with Crippen molar-refractivity contribution in [3.8, 4) is 27.9 Å². The van der Waals surface area contributed by atoms with Gasteiger partial charge in [0.15, 0.2) is 0 Å². The first-order valence-electron chi connectivity index (χ1n) is 23.0. The Kier molecular flexibility index (Phi) is 8.49. The minimum absolute atomic E-state index is 1.11. The smallest absolute Gasteiger partial charge is 0.0547 e. The number of anilines is 3. The summed E-state index contributed by atoms with van der Waals surface area (Å²) in [5.41, 5.74) is 11.9. The normalized spacial score (nSPS) is 11.9. The molecule has 2 nitrogen and oxygen atoms in total. The van der Waals surface area contributed by atoms with Crippen LogP contribution < -0.4 is 4.90 Å². The number of thiophene rings is 1. The molecule has 14 aromatic rings. The topological polar surface area (TPSA) is 8.17 Å². The van der Waals surface area contributed by atoms with E-state index in [9.17, 15) is 0 Å². The largest absolute Gasteiger partial charge is 0.310 e. The fourth-order valence-corrected chi connectivity index (χ4v) is 12.1. The lowest BCUT2D eigenvalue weighted by Gasteiger charge is -2.28. The summed E-state index contributed by atoms with van der Waals surface area (Å²) in [5.74, 6) is 0. The molecule has 0 unspecified atom stereocenters. The maximum Gasteiger partial charge on any atom is 0.0547 e. The van der Waals surface area contributed by atoms with Crippen LogP contribution in [0.3, 0.4) is 0 Å². The lowest BCUT2D eigenvalue weighted by molar-refractivity contribution is 1.18. The predicted octanol–water partition coefficient (Wildman–Crippen LogP) is 18.6. The molecule has 0 fully saturated rings. The average molecular weight is 869 g/mol. The van der Waals surface area contributed by atoms with E-state index in [0.29, 0.717) is 0 Å². The Bertz CT molecular complexity index is 4260. The molecule has 67 heavy (non-hydrogen) atoms. The molecule has 2 heterocycles. The fraction of sp³-hybridized carbons (Fsp3) is 0. The molecule has 0 bridgehead atoms.